The van der Waals surface area contributed by atoms with Crippen molar-refractivity contribution >= 4 is 13.7 Å². The van der Waals surface area contributed by atoms with Gasteiger partial charge in [0, 0.05) is 6.42 Å². The second-order valence-electron chi connectivity index (χ2n) is 28.1. The van der Waals surface area contributed by atoms with Crippen LogP contribution in [-0.4, -0.2) is 68.5 Å². The Morgan fingerprint density at radius 3 is 0.954 bits per heavy atom. The SMILES string of the molecule is CCCCCCC/C=C\C/C=C\CCCCCCCCCCCCCCCCCCCCCCCCCCCCCC(=O)NC(COP(=O)([O-])OCC[N+](C)(C)C)C(O)/C=C/CCCCCCCCCCCCCCCCCCCCCCCCCC. The topological polar surface area (TPSA) is 108 Å². The molecule has 1 amide bonds. The number of unbranched alkanes of at least 4 members (excludes halogenated alkanes) is 56. The molecular formula is C78H153N2O6P. The highest BCUT2D eigenvalue weighted by molar-refractivity contribution is 7.45. The molecule has 0 heterocycles. The Bertz CT molecular complexity index is 1510. The summed E-state index contributed by atoms with van der Waals surface area (Å²) < 4.78 is 23.5. The van der Waals surface area contributed by atoms with Crippen LogP contribution >= 0.6 is 7.82 Å². The predicted octanol–water partition coefficient (Wildman–Crippen LogP) is 24.5. The van der Waals surface area contributed by atoms with E-state index in [4.69, 9.17) is 9.05 Å². The number of carbonyl (C=O) groups is 1. The van der Waals surface area contributed by atoms with Crippen molar-refractivity contribution in [1.82, 2.24) is 5.32 Å². The van der Waals surface area contributed by atoms with Gasteiger partial charge in [0.15, 0.2) is 0 Å². The van der Waals surface area contributed by atoms with Gasteiger partial charge in [0.2, 0.25) is 5.91 Å². The predicted molar refractivity (Wildman–Crippen MR) is 381 cm³/mol. The number of allylic oxidation sites excluding steroid dienone is 5. The fourth-order valence-corrected chi connectivity index (χ4v) is 12.8. The maximum atomic E-state index is 13.1. The molecule has 0 aromatic rings. The summed E-state index contributed by atoms with van der Waals surface area (Å²) in [6.07, 6.45) is 93.0. The lowest BCUT2D eigenvalue weighted by molar-refractivity contribution is -0.870. The number of hydrogen-bond acceptors (Lipinski definition) is 6. The molecule has 0 aliphatic heterocycles. The number of phosphoric acid groups is 1. The second-order valence-corrected chi connectivity index (χ2v) is 29.5. The van der Waals surface area contributed by atoms with Gasteiger partial charge in [-0.25, -0.2) is 0 Å². The number of aliphatic hydroxyl groups excluding tert-OH is 1. The van der Waals surface area contributed by atoms with E-state index in [0.717, 1.165) is 44.9 Å². The summed E-state index contributed by atoms with van der Waals surface area (Å²) in [4.78, 5) is 25.7. The molecule has 0 spiro atoms. The molecule has 2 N–H and O–H groups in total. The number of quaternary nitrogens is 1. The number of phosphoric ester groups is 1. The number of aliphatic hydroxyl groups is 1. The Balaban J connectivity index is 3.93. The maximum absolute atomic E-state index is 13.1. The van der Waals surface area contributed by atoms with E-state index < -0.39 is 20.0 Å². The van der Waals surface area contributed by atoms with Crippen LogP contribution in [0.25, 0.3) is 0 Å². The average Bonchev–Trinajstić information content (AvgIpc) is 3.69. The van der Waals surface area contributed by atoms with Crippen LogP contribution in [0.1, 0.15) is 406 Å². The van der Waals surface area contributed by atoms with Gasteiger partial charge in [-0.2, -0.15) is 0 Å². The first-order valence-corrected chi connectivity index (χ1v) is 40.3. The second kappa shape index (κ2) is 69.1. The summed E-state index contributed by atoms with van der Waals surface area (Å²) in [6, 6.07) is -0.886. The largest absolute Gasteiger partial charge is 0.756 e. The van der Waals surface area contributed by atoms with Crippen molar-refractivity contribution in [2.45, 2.75) is 418 Å². The number of hydrogen-bond donors (Lipinski definition) is 2. The average molecular weight is 1250 g/mol. The van der Waals surface area contributed by atoms with Crippen LogP contribution in [-0.2, 0) is 18.4 Å². The highest BCUT2D eigenvalue weighted by Crippen LogP contribution is 2.38. The van der Waals surface area contributed by atoms with Crippen LogP contribution in [0.3, 0.4) is 0 Å². The number of nitrogens with one attached hydrogen (secondary N) is 1. The minimum absolute atomic E-state index is 0.00186. The molecule has 0 fully saturated rings. The van der Waals surface area contributed by atoms with Gasteiger partial charge >= 0.3 is 0 Å². The minimum Gasteiger partial charge on any atom is -0.756 e. The van der Waals surface area contributed by atoms with Gasteiger partial charge in [0.25, 0.3) is 7.82 Å². The van der Waals surface area contributed by atoms with Crippen molar-refractivity contribution < 1.29 is 32.9 Å². The van der Waals surface area contributed by atoms with Crippen molar-refractivity contribution in [3.05, 3.63) is 36.5 Å². The van der Waals surface area contributed by atoms with E-state index in [1.54, 1.807) is 6.08 Å². The first kappa shape index (κ1) is 85.7. The molecule has 3 unspecified atom stereocenters. The highest BCUT2D eigenvalue weighted by Gasteiger charge is 2.23. The Labute approximate surface area is 544 Å². The lowest BCUT2D eigenvalue weighted by Gasteiger charge is -2.29. The molecule has 0 aromatic heterocycles. The summed E-state index contributed by atoms with van der Waals surface area (Å²) in [5.74, 6) is -0.188. The van der Waals surface area contributed by atoms with Crippen molar-refractivity contribution in [2.75, 3.05) is 40.9 Å². The van der Waals surface area contributed by atoms with Crippen molar-refractivity contribution in [2.24, 2.45) is 0 Å². The molecule has 9 heteroatoms. The third-order valence-electron chi connectivity index (χ3n) is 18.1. The van der Waals surface area contributed by atoms with Gasteiger partial charge in [-0.05, 0) is 51.4 Å². The van der Waals surface area contributed by atoms with Crippen LogP contribution in [0.2, 0.25) is 0 Å². The van der Waals surface area contributed by atoms with Crippen LogP contribution in [0, 0.1) is 0 Å². The van der Waals surface area contributed by atoms with E-state index in [1.165, 1.54) is 340 Å². The lowest BCUT2D eigenvalue weighted by Crippen LogP contribution is -2.45. The van der Waals surface area contributed by atoms with Crippen molar-refractivity contribution in [1.29, 1.82) is 0 Å². The van der Waals surface area contributed by atoms with E-state index in [9.17, 15) is 19.4 Å². The van der Waals surface area contributed by atoms with E-state index in [-0.39, 0.29) is 19.1 Å². The third kappa shape index (κ3) is 72.0. The summed E-state index contributed by atoms with van der Waals surface area (Å²) in [6.45, 7) is 4.71. The van der Waals surface area contributed by atoms with Gasteiger partial charge in [-0.1, -0.05) is 384 Å². The quantitative estimate of drug-likeness (QED) is 0.0272. The van der Waals surface area contributed by atoms with Gasteiger partial charge in [0.1, 0.15) is 13.2 Å². The molecule has 0 rings (SSSR count). The normalized spacial score (nSPS) is 13.7. The molecule has 516 valence electrons. The van der Waals surface area contributed by atoms with Crippen LogP contribution in [0.5, 0.6) is 0 Å². The monoisotopic (exact) mass is 1250 g/mol. The summed E-state index contributed by atoms with van der Waals surface area (Å²) in [5.41, 5.74) is 0. The van der Waals surface area contributed by atoms with E-state index in [2.05, 4.69) is 43.5 Å². The highest BCUT2D eigenvalue weighted by atomic mass is 31.2. The molecule has 0 radical (unpaired) electrons. The zero-order chi connectivity index (χ0) is 63.4. The molecular weight excluding hydrogens is 1090 g/mol. The zero-order valence-corrected chi connectivity index (χ0v) is 60.2. The molecule has 0 aliphatic rings. The molecule has 3 atom stereocenters. The fraction of sp³-hybridized carbons (Fsp3) is 0.910. The van der Waals surface area contributed by atoms with E-state index in [1.807, 2.05) is 27.2 Å². The van der Waals surface area contributed by atoms with Crippen LogP contribution < -0.4 is 10.2 Å². The number of likely N-dealkylation sites (N-methyl/N-ethyl adjacent to an activating group) is 1. The van der Waals surface area contributed by atoms with Crippen LogP contribution in [0.15, 0.2) is 36.5 Å². The summed E-state index contributed by atoms with van der Waals surface area (Å²) >= 11 is 0. The Kier molecular flexibility index (Phi) is 68.1. The van der Waals surface area contributed by atoms with Crippen LogP contribution in [0.4, 0.5) is 0 Å². The van der Waals surface area contributed by atoms with Crippen molar-refractivity contribution in [3.8, 4) is 0 Å². The van der Waals surface area contributed by atoms with Gasteiger partial charge in [-0.15, -0.1) is 0 Å². The Hall–Kier alpha value is -1.28. The zero-order valence-electron chi connectivity index (χ0n) is 59.3. The molecule has 0 aromatic carbocycles. The fourth-order valence-electron chi connectivity index (χ4n) is 12.1. The summed E-state index contributed by atoms with van der Waals surface area (Å²) in [7, 11) is 1.28. The first-order chi connectivity index (χ1) is 42.5. The van der Waals surface area contributed by atoms with Gasteiger partial charge in [-0.3, -0.25) is 9.36 Å². The third-order valence-corrected chi connectivity index (χ3v) is 19.1. The van der Waals surface area contributed by atoms with Gasteiger partial charge < -0.3 is 28.8 Å². The van der Waals surface area contributed by atoms with E-state index >= 15 is 0 Å². The first-order valence-electron chi connectivity index (χ1n) is 38.9. The summed E-state index contributed by atoms with van der Waals surface area (Å²) in [5, 5.41) is 14.0. The Morgan fingerprint density at radius 1 is 0.402 bits per heavy atom. The number of carbonyl (C=O) groups excluding carboxylic acids is 1. The molecule has 0 bridgehead atoms. The standard InChI is InChI=1S/C78H153N2O6P/c1-6-8-10-12-14-16-18-20-22-24-26-28-30-32-34-35-36-37-38-39-40-41-42-43-44-45-46-48-50-52-54-56-58-60-62-64-66-68-70-72-78(82)79-76(75-86-87(83,84)85-74-73-80(3,4)5)77(81)71-69-67-65-63-61-59-57-55-53-51-49-47-33-31-29-27-25-23-21-19-17-15-13-11-9-7-2/h18,20,24,26,69,71,76-77,81H,6-17,19,21-23,25,27-68,70,72-75H2,1-5H3,(H-,79,82,83,84)/b20-18-,26-24-,71-69+. The molecule has 0 aliphatic carbocycles. The molecule has 0 saturated heterocycles. The van der Waals surface area contributed by atoms with Crippen molar-refractivity contribution in [3.63, 3.8) is 0 Å². The van der Waals surface area contributed by atoms with E-state index in [0.29, 0.717) is 17.4 Å². The number of rotatable bonds is 73. The smallest absolute Gasteiger partial charge is 0.268 e. The minimum atomic E-state index is -4.60. The molecule has 0 saturated carbocycles. The lowest BCUT2D eigenvalue weighted by atomic mass is 10.0. The Morgan fingerprint density at radius 2 is 0.667 bits per heavy atom. The molecule has 87 heavy (non-hydrogen) atoms. The maximum Gasteiger partial charge on any atom is 0.268 e. The van der Waals surface area contributed by atoms with Gasteiger partial charge in [0.05, 0.1) is 39.9 Å². The number of nitrogens with zero attached hydrogens (tertiary/aromatic N) is 1. The number of amides is 1. The molecule has 8 nitrogen and oxygen atoms in total.